The molecule has 0 spiro atoms. The first-order valence-electron chi connectivity index (χ1n) is 12.1. The van der Waals surface area contributed by atoms with Gasteiger partial charge in [-0.25, -0.2) is 0 Å². The second-order valence-corrected chi connectivity index (χ2v) is 9.03. The Morgan fingerprint density at radius 1 is 0.889 bits per heavy atom. The van der Waals surface area contributed by atoms with Crippen LogP contribution in [0.3, 0.4) is 0 Å². The fraction of sp³-hybridized carbons (Fsp3) is 0.250. The van der Waals surface area contributed by atoms with Crippen molar-refractivity contribution in [3.63, 3.8) is 0 Å². The number of nitrogens with zero attached hydrogens (tertiary/aromatic N) is 5. The number of rotatable bonds is 4. The van der Waals surface area contributed by atoms with Gasteiger partial charge in [0.1, 0.15) is 6.07 Å². The number of oxazole rings is 1. The number of carbonyl (C=O) groups is 1. The molecule has 4 aromatic rings. The zero-order valence-corrected chi connectivity index (χ0v) is 19.8. The van der Waals surface area contributed by atoms with Crippen molar-refractivity contribution in [3.8, 4) is 17.7 Å². The predicted octanol–water partition coefficient (Wildman–Crippen LogP) is 4.33. The number of hydrogen-bond donors (Lipinski definition) is 0. The van der Waals surface area contributed by atoms with Crippen LogP contribution >= 0.6 is 0 Å². The molecule has 2 aliphatic heterocycles. The molecule has 1 fully saturated rings. The van der Waals surface area contributed by atoms with Gasteiger partial charge in [-0.2, -0.15) is 10.2 Å². The Balaban J connectivity index is 1.10. The van der Waals surface area contributed by atoms with Crippen molar-refractivity contribution < 1.29 is 13.6 Å². The lowest BCUT2D eigenvalue weighted by Gasteiger charge is -2.34. The first-order chi connectivity index (χ1) is 17.7. The SMILES string of the molecule is N#Cc1nc(-c2ccco2)oc1N1CCN(C(=O)c2ccc(N3CCc4ccccc4C3)cc2)CC1. The molecule has 1 amide bonds. The number of furan rings is 1. The number of carbonyl (C=O) groups excluding carboxylic acids is 1. The lowest BCUT2D eigenvalue weighted by molar-refractivity contribution is 0.0745. The van der Waals surface area contributed by atoms with E-state index in [4.69, 9.17) is 8.83 Å². The van der Waals surface area contributed by atoms with E-state index in [0.29, 0.717) is 43.4 Å². The highest BCUT2D eigenvalue weighted by Gasteiger charge is 2.27. The summed E-state index contributed by atoms with van der Waals surface area (Å²) in [6, 6.07) is 22.1. The van der Waals surface area contributed by atoms with E-state index in [0.717, 1.165) is 25.2 Å². The largest absolute Gasteiger partial charge is 0.459 e. The molecule has 2 aromatic heterocycles. The van der Waals surface area contributed by atoms with Crippen molar-refractivity contribution in [1.29, 1.82) is 5.26 Å². The van der Waals surface area contributed by atoms with Crippen LogP contribution in [0.4, 0.5) is 11.6 Å². The third-order valence-electron chi connectivity index (χ3n) is 6.91. The Kier molecular flexibility index (Phi) is 5.66. The van der Waals surface area contributed by atoms with E-state index in [2.05, 4.69) is 40.2 Å². The summed E-state index contributed by atoms with van der Waals surface area (Å²) in [5, 5.41) is 9.52. The van der Waals surface area contributed by atoms with Crippen LogP contribution in [-0.4, -0.2) is 48.5 Å². The van der Waals surface area contributed by atoms with Crippen LogP contribution in [-0.2, 0) is 13.0 Å². The van der Waals surface area contributed by atoms with Crippen LogP contribution in [0.15, 0.2) is 75.8 Å². The standard InChI is InChI=1S/C28H25N5O3/c29-18-24-28(36-26(30-24)25-6-3-17-35-25)32-15-13-31(14-16-32)27(34)21-7-9-23(10-8-21)33-12-11-20-4-1-2-5-22(20)19-33/h1-10,17H,11-16,19H2. The Morgan fingerprint density at radius 2 is 1.67 bits per heavy atom. The van der Waals surface area contributed by atoms with E-state index in [1.807, 2.05) is 34.1 Å². The Bertz CT molecular complexity index is 1410. The Labute approximate surface area is 209 Å². The smallest absolute Gasteiger partial charge is 0.266 e. The van der Waals surface area contributed by atoms with Crippen molar-refractivity contribution in [2.75, 3.05) is 42.5 Å². The maximum atomic E-state index is 13.2. The first kappa shape index (κ1) is 22.0. The fourth-order valence-electron chi connectivity index (χ4n) is 4.93. The number of aromatic nitrogens is 1. The summed E-state index contributed by atoms with van der Waals surface area (Å²) in [5.74, 6) is 1.19. The molecule has 4 heterocycles. The minimum Gasteiger partial charge on any atom is -0.459 e. The van der Waals surface area contributed by atoms with Gasteiger partial charge in [-0.15, -0.1) is 0 Å². The average Bonchev–Trinajstić information content (AvgIpc) is 3.63. The van der Waals surface area contributed by atoms with Crippen LogP contribution in [0.2, 0.25) is 0 Å². The number of anilines is 2. The monoisotopic (exact) mass is 479 g/mol. The third kappa shape index (κ3) is 4.09. The van der Waals surface area contributed by atoms with Crippen molar-refractivity contribution in [2.45, 2.75) is 13.0 Å². The average molecular weight is 480 g/mol. The molecule has 8 nitrogen and oxygen atoms in total. The lowest BCUT2D eigenvalue weighted by Crippen LogP contribution is -2.48. The molecule has 36 heavy (non-hydrogen) atoms. The van der Waals surface area contributed by atoms with Gasteiger partial charge in [0.2, 0.25) is 11.6 Å². The van der Waals surface area contributed by atoms with E-state index in [-0.39, 0.29) is 17.5 Å². The van der Waals surface area contributed by atoms with Crippen LogP contribution in [0, 0.1) is 11.3 Å². The van der Waals surface area contributed by atoms with E-state index in [9.17, 15) is 10.1 Å². The van der Waals surface area contributed by atoms with E-state index < -0.39 is 0 Å². The van der Waals surface area contributed by atoms with Crippen molar-refractivity contribution >= 4 is 17.5 Å². The lowest BCUT2D eigenvalue weighted by atomic mass is 9.99. The summed E-state index contributed by atoms with van der Waals surface area (Å²) in [7, 11) is 0. The van der Waals surface area contributed by atoms with Gasteiger partial charge in [0.15, 0.2) is 5.76 Å². The number of fused-ring (bicyclic) bond motifs is 1. The third-order valence-corrected chi connectivity index (χ3v) is 6.91. The fourth-order valence-corrected chi connectivity index (χ4v) is 4.93. The zero-order chi connectivity index (χ0) is 24.5. The number of amides is 1. The molecule has 0 radical (unpaired) electrons. The zero-order valence-electron chi connectivity index (χ0n) is 19.8. The summed E-state index contributed by atoms with van der Waals surface area (Å²) in [6.07, 6.45) is 2.57. The highest BCUT2D eigenvalue weighted by Crippen LogP contribution is 2.29. The molecule has 2 aromatic carbocycles. The molecule has 6 rings (SSSR count). The minimum atomic E-state index is 0.0135. The molecule has 0 N–H and O–H groups in total. The molecular formula is C28H25N5O3. The maximum absolute atomic E-state index is 13.2. The summed E-state index contributed by atoms with van der Waals surface area (Å²) in [5.41, 5.74) is 4.82. The molecule has 8 heteroatoms. The molecule has 0 bridgehead atoms. The van der Waals surface area contributed by atoms with Crippen LogP contribution in [0.5, 0.6) is 0 Å². The normalized spacial score (nSPS) is 15.5. The van der Waals surface area contributed by atoms with Gasteiger partial charge in [-0.05, 0) is 53.9 Å². The molecule has 2 aliphatic rings. The highest BCUT2D eigenvalue weighted by atomic mass is 16.4. The summed E-state index contributed by atoms with van der Waals surface area (Å²) in [4.78, 5) is 23.6. The molecule has 0 saturated carbocycles. The second kappa shape index (κ2) is 9.27. The molecular weight excluding hydrogens is 454 g/mol. The van der Waals surface area contributed by atoms with E-state index in [1.54, 1.807) is 12.1 Å². The van der Waals surface area contributed by atoms with Crippen LogP contribution < -0.4 is 9.80 Å². The minimum absolute atomic E-state index is 0.0135. The van der Waals surface area contributed by atoms with Gasteiger partial charge < -0.3 is 23.5 Å². The van der Waals surface area contributed by atoms with Crippen LogP contribution in [0.1, 0.15) is 27.2 Å². The van der Waals surface area contributed by atoms with Gasteiger partial charge in [0, 0.05) is 50.5 Å². The van der Waals surface area contributed by atoms with E-state index in [1.165, 1.54) is 17.4 Å². The van der Waals surface area contributed by atoms with Crippen molar-refractivity contribution in [2.24, 2.45) is 0 Å². The van der Waals surface area contributed by atoms with Crippen LogP contribution in [0.25, 0.3) is 11.7 Å². The predicted molar refractivity (Wildman–Crippen MR) is 135 cm³/mol. The summed E-state index contributed by atoms with van der Waals surface area (Å²) >= 11 is 0. The van der Waals surface area contributed by atoms with Gasteiger partial charge in [0.25, 0.3) is 11.8 Å². The highest BCUT2D eigenvalue weighted by molar-refractivity contribution is 5.94. The van der Waals surface area contributed by atoms with Gasteiger partial charge in [-0.1, -0.05) is 24.3 Å². The molecule has 0 unspecified atom stereocenters. The van der Waals surface area contributed by atoms with Gasteiger partial charge in [0.05, 0.1) is 6.26 Å². The van der Waals surface area contributed by atoms with Gasteiger partial charge >= 0.3 is 0 Å². The van der Waals surface area contributed by atoms with Crippen molar-refractivity contribution in [3.05, 3.63) is 89.3 Å². The van der Waals surface area contributed by atoms with Gasteiger partial charge in [-0.3, -0.25) is 4.79 Å². The summed E-state index contributed by atoms with van der Waals surface area (Å²) < 4.78 is 11.2. The number of hydrogen-bond acceptors (Lipinski definition) is 7. The number of benzene rings is 2. The Hall–Kier alpha value is -4.51. The summed E-state index contributed by atoms with van der Waals surface area (Å²) in [6.45, 7) is 4.03. The molecule has 1 saturated heterocycles. The second-order valence-electron chi connectivity index (χ2n) is 9.03. The molecule has 0 aliphatic carbocycles. The molecule has 180 valence electrons. The quantitative estimate of drug-likeness (QED) is 0.430. The van der Waals surface area contributed by atoms with Crippen molar-refractivity contribution in [1.82, 2.24) is 9.88 Å². The topological polar surface area (TPSA) is 89.7 Å². The number of nitriles is 1. The number of piperazine rings is 1. The Morgan fingerprint density at radius 3 is 2.39 bits per heavy atom. The van der Waals surface area contributed by atoms with E-state index >= 15 is 0 Å². The first-order valence-corrected chi connectivity index (χ1v) is 12.1. The maximum Gasteiger partial charge on any atom is 0.266 e. The molecule has 0 atom stereocenters.